The van der Waals surface area contributed by atoms with E-state index in [1.807, 2.05) is 29.9 Å². The summed E-state index contributed by atoms with van der Waals surface area (Å²) in [6.07, 6.45) is 0. The van der Waals surface area contributed by atoms with Crippen LogP contribution in [0.2, 0.25) is 0 Å². The molecule has 0 unspecified atom stereocenters. The van der Waals surface area contributed by atoms with Crippen molar-refractivity contribution < 1.29 is 4.79 Å². The maximum atomic E-state index is 12.8. The summed E-state index contributed by atoms with van der Waals surface area (Å²) in [6, 6.07) is 10.3. The van der Waals surface area contributed by atoms with Crippen molar-refractivity contribution in [2.45, 2.75) is 20.4 Å². The number of aryl methyl sites for hydroxylation is 2. The van der Waals surface area contributed by atoms with E-state index in [9.17, 15) is 4.79 Å². The third-order valence-corrected chi connectivity index (χ3v) is 5.42. The predicted molar refractivity (Wildman–Crippen MR) is 93.2 cm³/mol. The number of hydrogen-bond donors (Lipinski definition) is 0. The molecule has 3 aromatic rings. The molecule has 0 atom stereocenters. The molecule has 3 nitrogen and oxygen atoms in total. The molecule has 0 N–H and O–H groups in total. The Bertz CT molecular complexity index is 764. The maximum absolute atomic E-state index is 12.8. The minimum atomic E-state index is 0.0749. The van der Waals surface area contributed by atoms with E-state index in [1.54, 1.807) is 16.2 Å². The van der Waals surface area contributed by atoms with Gasteiger partial charge in [0.15, 0.2) is 0 Å². The van der Waals surface area contributed by atoms with E-state index in [-0.39, 0.29) is 5.91 Å². The number of carbonyl (C=O) groups excluding carboxylic acids is 1. The first-order chi connectivity index (χ1) is 10.6. The van der Waals surface area contributed by atoms with Crippen LogP contribution in [0.4, 0.5) is 0 Å². The van der Waals surface area contributed by atoms with Crippen LogP contribution in [0, 0.1) is 13.8 Å². The van der Waals surface area contributed by atoms with Crippen LogP contribution in [0.5, 0.6) is 0 Å². The van der Waals surface area contributed by atoms with Crippen LogP contribution in [0.3, 0.4) is 0 Å². The zero-order chi connectivity index (χ0) is 15.7. The number of hydrogen-bond acceptors (Lipinski definition) is 3. The second-order valence-corrected chi connectivity index (χ2v) is 7.28. The van der Waals surface area contributed by atoms with Gasteiger partial charge in [-0.25, -0.2) is 0 Å². The minimum absolute atomic E-state index is 0.0749. The predicted octanol–water partition coefficient (Wildman–Crippen LogP) is 4.49. The van der Waals surface area contributed by atoms with Gasteiger partial charge in [-0.05, 0) is 48.9 Å². The quantitative estimate of drug-likeness (QED) is 0.692. The van der Waals surface area contributed by atoms with Gasteiger partial charge >= 0.3 is 0 Å². The minimum Gasteiger partial charge on any atom is -0.336 e. The Morgan fingerprint density at radius 2 is 1.82 bits per heavy atom. The number of nitrogens with zero attached hydrogens (tertiary/aromatic N) is 2. The molecule has 0 fully saturated rings. The lowest BCUT2D eigenvalue weighted by Gasteiger charge is -2.17. The summed E-state index contributed by atoms with van der Waals surface area (Å²) in [5.74, 6) is 0.0749. The number of amides is 1. The molecule has 0 spiro atoms. The van der Waals surface area contributed by atoms with E-state index >= 15 is 0 Å². The highest BCUT2D eigenvalue weighted by molar-refractivity contribution is 7.12. The van der Waals surface area contributed by atoms with Gasteiger partial charge in [-0.1, -0.05) is 6.07 Å². The molecule has 0 aliphatic heterocycles. The van der Waals surface area contributed by atoms with Crippen LogP contribution in [0.1, 0.15) is 25.9 Å². The smallest absolute Gasteiger partial charge is 0.266 e. The van der Waals surface area contributed by atoms with Gasteiger partial charge in [-0.15, -0.1) is 22.7 Å². The Hall–Kier alpha value is -1.85. The third-order valence-electron chi connectivity index (χ3n) is 3.67. The van der Waals surface area contributed by atoms with E-state index < -0.39 is 0 Å². The first-order valence-electron chi connectivity index (χ1n) is 7.08. The van der Waals surface area contributed by atoms with Crippen molar-refractivity contribution in [1.82, 2.24) is 9.47 Å². The largest absolute Gasteiger partial charge is 0.336 e. The second kappa shape index (κ2) is 6.10. The molecular formula is C17H18N2OS2. The maximum Gasteiger partial charge on any atom is 0.266 e. The average molecular weight is 330 g/mol. The van der Waals surface area contributed by atoms with Crippen LogP contribution in [0.15, 0.2) is 41.1 Å². The molecule has 0 radical (unpaired) electrons. The molecule has 0 saturated carbocycles. The van der Waals surface area contributed by atoms with Crippen LogP contribution in [-0.2, 0) is 6.54 Å². The van der Waals surface area contributed by atoms with E-state index in [2.05, 4.69) is 36.6 Å². The van der Waals surface area contributed by atoms with Gasteiger partial charge in [-0.2, -0.15) is 0 Å². The van der Waals surface area contributed by atoms with Crippen LogP contribution >= 0.6 is 22.7 Å². The average Bonchev–Trinajstić information content (AvgIpc) is 3.20. The van der Waals surface area contributed by atoms with Gasteiger partial charge in [0.25, 0.3) is 5.91 Å². The number of thiophene rings is 2. The van der Waals surface area contributed by atoms with Crippen molar-refractivity contribution >= 4 is 28.6 Å². The van der Waals surface area contributed by atoms with Gasteiger partial charge in [0.05, 0.1) is 12.2 Å². The second-order valence-electron chi connectivity index (χ2n) is 5.33. The lowest BCUT2D eigenvalue weighted by Crippen LogP contribution is -2.26. The molecule has 3 rings (SSSR count). The SMILES string of the molecule is Cc1ccc(C)n1-c1ccsc1C(=O)N(C)Cc1cccs1. The topological polar surface area (TPSA) is 25.2 Å². The summed E-state index contributed by atoms with van der Waals surface area (Å²) in [7, 11) is 1.86. The van der Waals surface area contributed by atoms with Gasteiger partial charge < -0.3 is 9.47 Å². The van der Waals surface area contributed by atoms with E-state index in [0.29, 0.717) is 6.54 Å². The number of rotatable bonds is 4. The Labute approximate surface area is 138 Å². The molecule has 5 heteroatoms. The van der Waals surface area contributed by atoms with E-state index in [0.717, 1.165) is 22.0 Å². The van der Waals surface area contributed by atoms with Gasteiger partial charge in [-0.3, -0.25) is 4.79 Å². The van der Waals surface area contributed by atoms with Crippen molar-refractivity contribution in [2.75, 3.05) is 7.05 Å². The standard InChI is InChI=1S/C17H18N2OS2/c1-12-6-7-13(2)19(12)15-8-10-22-16(15)17(20)18(3)11-14-5-4-9-21-14/h4-10H,11H2,1-3H3. The highest BCUT2D eigenvalue weighted by Crippen LogP contribution is 2.26. The molecular weight excluding hydrogens is 312 g/mol. The van der Waals surface area contributed by atoms with Crippen LogP contribution < -0.4 is 0 Å². The summed E-state index contributed by atoms with van der Waals surface area (Å²) in [5.41, 5.74) is 3.27. The molecule has 114 valence electrons. The molecule has 0 bridgehead atoms. The monoisotopic (exact) mass is 330 g/mol. The summed E-state index contributed by atoms with van der Waals surface area (Å²) < 4.78 is 2.14. The summed E-state index contributed by atoms with van der Waals surface area (Å²) in [4.78, 5) is 16.6. The van der Waals surface area contributed by atoms with Gasteiger partial charge in [0.1, 0.15) is 4.88 Å². The Kier molecular flexibility index (Phi) is 4.18. The molecule has 3 aromatic heterocycles. The van der Waals surface area contributed by atoms with Crippen molar-refractivity contribution in [3.8, 4) is 5.69 Å². The summed E-state index contributed by atoms with van der Waals surface area (Å²) >= 11 is 3.18. The first kappa shape index (κ1) is 15.1. The Morgan fingerprint density at radius 3 is 2.45 bits per heavy atom. The fraction of sp³-hybridized carbons (Fsp3) is 0.235. The van der Waals surface area contributed by atoms with Crippen molar-refractivity contribution in [1.29, 1.82) is 0 Å². The van der Waals surface area contributed by atoms with Crippen molar-refractivity contribution in [3.63, 3.8) is 0 Å². The summed E-state index contributed by atoms with van der Waals surface area (Å²) in [6.45, 7) is 4.78. The van der Waals surface area contributed by atoms with Crippen molar-refractivity contribution in [3.05, 3.63) is 62.2 Å². The van der Waals surface area contributed by atoms with E-state index in [4.69, 9.17) is 0 Å². The van der Waals surface area contributed by atoms with Crippen molar-refractivity contribution in [2.24, 2.45) is 0 Å². The molecule has 0 aromatic carbocycles. The molecule has 3 heterocycles. The molecule has 0 aliphatic carbocycles. The Balaban J connectivity index is 1.90. The fourth-order valence-corrected chi connectivity index (χ4v) is 4.20. The molecule has 1 amide bonds. The molecule has 0 aliphatic rings. The molecule has 0 saturated heterocycles. The zero-order valence-electron chi connectivity index (χ0n) is 12.9. The zero-order valence-corrected chi connectivity index (χ0v) is 14.5. The normalized spacial score (nSPS) is 10.9. The van der Waals surface area contributed by atoms with E-state index in [1.165, 1.54) is 16.2 Å². The van der Waals surface area contributed by atoms with Crippen LogP contribution in [0.25, 0.3) is 5.69 Å². The molecule has 22 heavy (non-hydrogen) atoms. The third kappa shape index (κ3) is 2.74. The fourth-order valence-electron chi connectivity index (χ4n) is 2.57. The van der Waals surface area contributed by atoms with Gasteiger partial charge in [0.2, 0.25) is 0 Å². The highest BCUT2D eigenvalue weighted by atomic mass is 32.1. The summed E-state index contributed by atoms with van der Waals surface area (Å²) in [5, 5.41) is 4.02. The number of aromatic nitrogens is 1. The Morgan fingerprint density at radius 1 is 1.09 bits per heavy atom. The lowest BCUT2D eigenvalue weighted by atomic mass is 10.3. The lowest BCUT2D eigenvalue weighted by molar-refractivity contribution is 0.0791. The van der Waals surface area contributed by atoms with Gasteiger partial charge in [0, 0.05) is 23.3 Å². The van der Waals surface area contributed by atoms with Crippen LogP contribution in [-0.4, -0.2) is 22.4 Å². The highest BCUT2D eigenvalue weighted by Gasteiger charge is 2.20. The first-order valence-corrected chi connectivity index (χ1v) is 8.84. The number of carbonyl (C=O) groups is 1.